The molecular formula is C64H44N2. The summed E-state index contributed by atoms with van der Waals surface area (Å²) in [4.78, 5) is 2.35. The zero-order chi connectivity index (χ0) is 43.8. The summed E-state index contributed by atoms with van der Waals surface area (Å²) in [5.74, 6) is 0. The van der Waals surface area contributed by atoms with Crippen LogP contribution in [0.5, 0.6) is 0 Å². The van der Waals surface area contributed by atoms with Crippen molar-refractivity contribution in [3.63, 3.8) is 0 Å². The van der Waals surface area contributed by atoms with Gasteiger partial charge < -0.3 is 9.47 Å². The number of rotatable bonds is 9. The van der Waals surface area contributed by atoms with Gasteiger partial charge in [0.1, 0.15) is 0 Å². The summed E-state index contributed by atoms with van der Waals surface area (Å²) in [6.45, 7) is 0. The summed E-state index contributed by atoms with van der Waals surface area (Å²) >= 11 is 0. The molecule has 0 amide bonds. The van der Waals surface area contributed by atoms with Crippen molar-refractivity contribution in [1.82, 2.24) is 4.57 Å². The Kier molecular flexibility index (Phi) is 9.89. The highest BCUT2D eigenvalue weighted by Crippen LogP contribution is 2.39. The maximum absolute atomic E-state index is 2.38. The van der Waals surface area contributed by atoms with E-state index in [0.717, 1.165) is 22.7 Å². The van der Waals surface area contributed by atoms with Gasteiger partial charge in [0.15, 0.2) is 0 Å². The first-order valence-electron chi connectivity index (χ1n) is 22.7. The number of nitrogens with zero attached hydrogens (tertiary/aromatic N) is 2. The maximum Gasteiger partial charge on any atom is 0.0541 e. The molecule has 0 aliphatic heterocycles. The highest BCUT2D eigenvalue weighted by molar-refractivity contribution is 6.09. The second-order valence-corrected chi connectivity index (χ2v) is 17.0. The van der Waals surface area contributed by atoms with Crippen LogP contribution in [0.2, 0.25) is 0 Å². The molecule has 0 aliphatic carbocycles. The molecule has 2 nitrogen and oxygen atoms in total. The molecule has 0 aliphatic rings. The van der Waals surface area contributed by atoms with Crippen molar-refractivity contribution >= 4 is 49.6 Å². The average molecular weight is 841 g/mol. The van der Waals surface area contributed by atoms with Crippen LogP contribution in [0.3, 0.4) is 0 Å². The van der Waals surface area contributed by atoms with E-state index in [0.29, 0.717) is 0 Å². The van der Waals surface area contributed by atoms with E-state index in [1.54, 1.807) is 0 Å². The monoisotopic (exact) mass is 840 g/mol. The number of benzene rings is 11. The van der Waals surface area contributed by atoms with Crippen LogP contribution in [0.4, 0.5) is 17.1 Å². The summed E-state index contributed by atoms with van der Waals surface area (Å²) in [6, 6.07) is 96.8. The van der Waals surface area contributed by atoms with Gasteiger partial charge in [0.25, 0.3) is 0 Å². The van der Waals surface area contributed by atoms with Crippen molar-refractivity contribution in [2.24, 2.45) is 0 Å². The molecule has 0 fully saturated rings. The van der Waals surface area contributed by atoms with Crippen molar-refractivity contribution in [3.05, 3.63) is 267 Å². The number of hydrogen-bond donors (Lipinski definition) is 0. The van der Waals surface area contributed by atoms with Gasteiger partial charge in [-0.25, -0.2) is 0 Å². The topological polar surface area (TPSA) is 8.17 Å². The van der Waals surface area contributed by atoms with Crippen LogP contribution in [0.15, 0.2) is 267 Å². The fraction of sp³-hybridized carbons (Fsp3) is 0. The van der Waals surface area contributed by atoms with Crippen molar-refractivity contribution in [2.45, 2.75) is 0 Å². The number of para-hydroxylation sites is 2. The molecule has 12 aromatic rings. The van der Waals surface area contributed by atoms with E-state index < -0.39 is 0 Å². The molecule has 0 radical (unpaired) electrons. The Balaban J connectivity index is 0.841. The predicted molar refractivity (Wildman–Crippen MR) is 280 cm³/mol. The van der Waals surface area contributed by atoms with Crippen LogP contribution < -0.4 is 4.90 Å². The molecule has 66 heavy (non-hydrogen) atoms. The van der Waals surface area contributed by atoms with Gasteiger partial charge in [0.2, 0.25) is 0 Å². The molecule has 1 aromatic heterocycles. The van der Waals surface area contributed by atoms with Crippen LogP contribution >= 0.6 is 0 Å². The molecular weight excluding hydrogens is 797 g/mol. The molecule has 12 rings (SSSR count). The second kappa shape index (κ2) is 16.8. The van der Waals surface area contributed by atoms with Crippen LogP contribution in [-0.4, -0.2) is 4.57 Å². The molecule has 0 spiro atoms. The molecule has 1 heterocycles. The molecule has 0 bridgehead atoms. The van der Waals surface area contributed by atoms with Crippen molar-refractivity contribution in [3.8, 4) is 61.3 Å². The molecule has 0 saturated carbocycles. The summed E-state index contributed by atoms with van der Waals surface area (Å²) < 4.78 is 2.38. The Morgan fingerprint density at radius 1 is 0.227 bits per heavy atom. The number of hydrogen-bond acceptors (Lipinski definition) is 1. The van der Waals surface area contributed by atoms with Crippen molar-refractivity contribution in [2.75, 3.05) is 4.90 Å². The number of aromatic nitrogens is 1. The quantitative estimate of drug-likeness (QED) is 0.141. The van der Waals surface area contributed by atoms with E-state index in [1.807, 2.05) is 0 Å². The number of fused-ring (bicyclic) bond motifs is 4. The van der Waals surface area contributed by atoms with E-state index in [1.165, 1.54) is 88.2 Å². The van der Waals surface area contributed by atoms with Gasteiger partial charge >= 0.3 is 0 Å². The van der Waals surface area contributed by atoms with Crippen LogP contribution in [0.25, 0.3) is 93.9 Å². The molecule has 310 valence electrons. The van der Waals surface area contributed by atoms with Crippen molar-refractivity contribution < 1.29 is 0 Å². The SMILES string of the molecule is c1ccc(-c2ccc(N(c3ccc(-c4ccc(-c5cccc(-n6c7ccccc7c7ccccc76)c5)cc4)cc3)c3ccc(-c4cccc(-c5ccc6ccccc6c5)c4)cc3)cc2)cc1. The Labute approximate surface area is 385 Å². The van der Waals surface area contributed by atoms with Gasteiger partial charge in [-0.2, -0.15) is 0 Å². The normalized spacial score (nSPS) is 11.3. The van der Waals surface area contributed by atoms with E-state index in [2.05, 4.69) is 276 Å². The van der Waals surface area contributed by atoms with Gasteiger partial charge in [-0.05, 0) is 139 Å². The van der Waals surface area contributed by atoms with Gasteiger partial charge in [0.05, 0.1) is 11.0 Å². The molecule has 0 atom stereocenters. The Bertz CT molecular complexity index is 3610. The Hall–Kier alpha value is -8.72. The van der Waals surface area contributed by atoms with E-state index >= 15 is 0 Å². The Morgan fingerprint density at radius 2 is 0.591 bits per heavy atom. The molecule has 11 aromatic carbocycles. The lowest BCUT2D eigenvalue weighted by Crippen LogP contribution is -2.09. The highest BCUT2D eigenvalue weighted by atomic mass is 15.1. The van der Waals surface area contributed by atoms with E-state index in [4.69, 9.17) is 0 Å². The van der Waals surface area contributed by atoms with Gasteiger partial charge in [-0.3, -0.25) is 0 Å². The summed E-state index contributed by atoms with van der Waals surface area (Å²) in [5, 5.41) is 5.05. The zero-order valence-electron chi connectivity index (χ0n) is 36.3. The fourth-order valence-corrected chi connectivity index (χ4v) is 9.61. The number of anilines is 3. The first-order chi connectivity index (χ1) is 32.7. The lowest BCUT2D eigenvalue weighted by atomic mass is 9.97. The minimum atomic E-state index is 1.09. The lowest BCUT2D eigenvalue weighted by Gasteiger charge is -2.26. The van der Waals surface area contributed by atoms with Gasteiger partial charge in [-0.1, -0.05) is 194 Å². The summed E-state index contributed by atoms with van der Waals surface area (Å²) in [6.07, 6.45) is 0. The zero-order valence-corrected chi connectivity index (χ0v) is 36.3. The minimum Gasteiger partial charge on any atom is -0.311 e. The standard InChI is InChI=1S/C64H44N2/c1-2-12-45(13-3-1)48-30-36-57(37-31-48)65(59-40-34-51(35-41-59)53-16-10-17-54(42-53)56-29-28-46-14-4-5-15-52(46)43-56)58-38-32-49(33-39-58)47-24-26-50(27-25-47)55-18-11-19-60(44-55)66-63-22-8-6-20-61(63)62-21-7-9-23-64(62)66/h1-44H. The first kappa shape index (κ1) is 38.9. The molecule has 0 saturated heterocycles. The second-order valence-electron chi connectivity index (χ2n) is 17.0. The third kappa shape index (κ3) is 7.31. The first-order valence-corrected chi connectivity index (χ1v) is 22.7. The van der Waals surface area contributed by atoms with Gasteiger partial charge in [-0.15, -0.1) is 0 Å². The lowest BCUT2D eigenvalue weighted by molar-refractivity contribution is 1.18. The van der Waals surface area contributed by atoms with Gasteiger partial charge in [0, 0.05) is 33.5 Å². The highest BCUT2D eigenvalue weighted by Gasteiger charge is 2.16. The summed E-state index contributed by atoms with van der Waals surface area (Å²) in [7, 11) is 0. The molecule has 2 heteroatoms. The Morgan fingerprint density at radius 3 is 1.15 bits per heavy atom. The van der Waals surface area contributed by atoms with E-state index in [9.17, 15) is 0 Å². The third-order valence-corrected chi connectivity index (χ3v) is 13.0. The van der Waals surface area contributed by atoms with Crippen LogP contribution in [0.1, 0.15) is 0 Å². The maximum atomic E-state index is 2.38. The fourth-order valence-electron chi connectivity index (χ4n) is 9.61. The van der Waals surface area contributed by atoms with Crippen LogP contribution in [-0.2, 0) is 0 Å². The minimum absolute atomic E-state index is 1.09. The molecule has 0 unspecified atom stereocenters. The third-order valence-electron chi connectivity index (χ3n) is 13.0. The van der Waals surface area contributed by atoms with Crippen molar-refractivity contribution in [1.29, 1.82) is 0 Å². The smallest absolute Gasteiger partial charge is 0.0541 e. The average Bonchev–Trinajstić information content (AvgIpc) is 3.74. The van der Waals surface area contributed by atoms with E-state index in [-0.39, 0.29) is 0 Å². The largest absolute Gasteiger partial charge is 0.311 e. The summed E-state index contributed by atoms with van der Waals surface area (Å²) in [5.41, 5.74) is 18.8. The predicted octanol–water partition coefficient (Wildman–Crippen LogP) is 17.7. The molecule has 0 N–H and O–H groups in total. The van der Waals surface area contributed by atoms with Crippen LogP contribution in [0, 0.1) is 0 Å².